The molecule has 0 bridgehead atoms. The molecule has 2 aromatic heterocycles. The molecule has 0 aliphatic carbocycles. The van der Waals surface area contributed by atoms with Crippen molar-refractivity contribution in [1.82, 2.24) is 14.5 Å². The van der Waals surface area contributed by atoms with Gasteiger partial charge in [0.05, 0.1) is 23.0 Å². The zero-order valence-electron chi connectivity index (χ0n) is 19.0. The van der Waals surface area contributed by atoms with Crippen molar-refractivity contribution in [2.75, 3.05) is 0 Å². The van der Waals surface area contributed by atoms with E-state index in [1.165, 1.54) is 0 Å². The van der Waals surface area contributed by atoms with E-state index >= 15 is 0 Å². The van der Waals surface area contributed by atoms with Gasteiger partial charge in [0.1, 0.15) is 23.0 Å². The van der Waals surface area contributed by atoms with Gasteiger partial charge in [-0.2, -0.15) is 0 Å². The lowest BCUT2D eigenvalue weighted by Crippen LogP contribution is -2.18. The SMILES string of the molecule is C=C(CCCC(CCC)n1c([C@@H](C)O)nc2cnc3ccccc3c21)OC(C)(C)C. The number of allylic oxidation sites excluding steroid dienone is 1. The molecule has 0 amide bonds. The number of benzene rings is 1. The van der Waals surface area contributed by atoms with E-state index in [2.05, 4.69) is 29.1 Å². The van der Waals surface area contributed by atoms with Gasteiger partial charge in [0.2, 0.25) is 0 Å². The lowest BCUT2D eigenvalue weighted by atomic mass is 10.0. The summed E-state index contributed by atoms with van der Waals surface area (Å²) >= 11 is 0. The van der Waals surface area contributed by atoms with Crippen LogP contribution in [0.1, 0.15) is 84.7 Å². The summed E-state index contributed by atoms with van der Waals surface area (Å²) in [4.78, 5) is 9.33. The van der Waals surface area contributed by atoms with Crippen LogP contribution in [-0.2, 0) is 4.74 Å². The normalized spacial score (nSPS) is 14.2. The smallest absolute Gasteiger partial charge is 0.138 e. The molecule has 0 radical (unpaired) electrons. The minimum atomic E-state index is -0.644. The lowest BCUT2D eigenvalue weighted by Gasteiger charge is -2.25. The molecule has 2 atom stereocenters. The molecule has 0 aliphatic rings. The Balaban J connectivity index is 1.96. The number of fused-ring (bicyclic) bond motifs is 3. The van der Waals surface area contributed by atoms with Crippen molar-refractivity contribution in [3.05, 3.63) is 48.6 Å². The van der Waals surface area contributed by atoms with Crippen LogP contribution in [0, 0.1) is 0 Å². The van der Waals surface area contributed by atoms with Crippen molar-refractivity contribution in [3.63, 3.8) is 0 Å². The number of hydrogen-bond donors (Lipinski definition) is 1. The van der Waals surface area contributed by atoms with Crippen LogP contribution >= 0.6 is 0 Å². The summed E-state index contributed by atoms with van der Waals surface area (Å²) in [5.41, 5.74) is 2.64. The fraction of sp³-hybridized carbons (Fsp3) is 0.520. The zero-order valence-corrected chi connectivity index (χ0v) is 19.0. The van der Waals surface area contributed by atoms with E-state index in [1.54, 1.807) is 6.92 Å². The van der Waals surface area contributed by atoms with E-state index in [1.807, 2.05) is 45.2 Å². The largest absolute Gasteiger partial charge is 0.493 e. The second-order valence-corrected chi connectivity index (χ2v) is 9.11. The minimum Gasteiger partial charge on any atom is -0.493 e. The number of pyridine rings is 1. The van der Waals surface area contributed by atoms with Crippen LogP contribution < -0.4 is 0 Å². The maximum absolute atomic E-state index is 10.5. The Labute approximate surface area is 179 Å². The number of hydrogen-bond acceptors (Lipinski definition) is 4. The highest BCUT2D eigenvalue weighted by Gasteiger charge is 2.23. The second-order valence-electron chi connectivity index (χ2n) is 9.11. The zero-order chi connectivity index (χ0) is 21.9. The molecule has 1 unspecified atom stereocenters. The van der Waals surface area contributed by atoms with E-state index in [-0.39, 0.29) is 11.6 Å². The molecule has 0 saturated carbocycles. The van der Waals surface area contributed by atoms with Gasteiger partial charge in [-0.3, -0.25) is 4.98 Å². The Morgan fingerprint density at radius 2 is 1.93 bits per heavy atom. The Kier molecular flexibility index (Phi) is 6.81. The van der Waals surface area contributed by atoms with Gasteiger partial charge in [-0.1, -0.05) is 38.1 Å². The van der Waals surface area contributed by atoms with E-state index in [0.29, 0.717) is 5.82 Å². The Bertz CT molecular complexity index is 1010. The molecule has 2 heterocycles. The molecule has 0 fully saturated rings. The lowest BCUT2D eigenvalue weighted by molar-refractivity contribution is 0.0470. The third-order valence-electron chi connectivity index (χ3n) is 5.25. The van der Waals surface area contributed by atoms with Crippen LogP contribution in [0.3, 0.4) is 0 Å². The number of para-hydroxylation sites is 1. The molecule has 0 spiro atoms. The number of aromatic nitrogens is 3. The highest BCUT2D eigenvalue weighted by Crippen LogP contribution is 2.34. The second kappa shape index (κ2) is 9.17. The van der Waals surface area contributed by atoms with Crippen molar-refractivity contribution in [1.29, 1.82) is 0 Å². The molecule has 0 aliphatic heterocycles. The molecule has 5 nitrogen and oxygen atoms in total. The predicted octanol–water partition coefficient (Wildman–Crippen LogP) is 6.48. The average Bonchev–Trinajstić information content (AvgIpc) is 3.06. The van der Waals surface area contributed by atoms with Gasteiger partial charge < -0.3 is 14.4 Å². The Hall–Kier alpha value is -2.40. The van der Waals surface area contributed by atoms with Gasteiger partial charge in [-0.25, -0.2) is 4.98 Å². The summed E-state index contributed by atoms with van der Waals surface area (Å²) in [5, 5.41) is 11.6. The van der Waals surface area contributed by atoms with Crippen LogP contribution in [0.15, 0.2) is 42.8 Å². The van der Waals surface area contributed by atoms with Crippen molar-refractivity contribution < 1.29 is 9.84 Å². The molecule has 0 saturated heterocycles. The van der Waals surface area contributed by atoms with Gasteiger partial charge in [0, 0.05) is 17.8 Å². The first-order chi connectivity index (χ1) is 14.2. The molecule has 1 aromatic carbocycles. The third kappa shape index (κ3) is 5.01. The fourth-order valence-electron chi connectivity index (χ4n) is 4.16. The van der Waals surface area contributed by atoms with Gasteiger partial charge in [-0.05, 0) is 53.0 Å². The third-order valence-corrected chi connectivity index (χ3v) is 5.25. The number of rotatable bonds is 9. The quantitative estimate of drug-likeness (QED) is 0.411. The minimum absolute atomic E-state index is 0.216. The molecule has 5 heteroatoms. The van der Waals surface area contributed by atoms with Crippen molar-refractivity contribution in [2.24, 2.45) is 0 Å². The van der Waals surface area contributed by atoms with Crippen LogP contribution in [0.2, 0.25) is 0 Å². The highest BCUT2D eigenvalue weighted by atomic mass is 16.5. The highest BCUT2D eigenvalue weighted by molar-refractivity contribution is 6.02. The first kappa shape index (κ1) is 22.3. The number of aliphatic hydroxyl groups is 1. The van der Waals surface area contributed by atoms with E-state index in [0.717, 1.165) is 59.8 Å². The van der Waals surface area contributed by atoms with Gasteiger partial charge >= 0.3 is 0 Å². The summed E-state index contributed by atoms with van der Waals surface area (Å²) < 4.78 is 8.16. The van der Waals surface area contributed by atoms with E-state index in [4.69, 9.17) is 9.72 Å². The topological polar surface area (TPSA) is 60.2 Å². The molecule has 3 aromatic rings. The first-order valence-electron chi connectivity index (χ1n) is 11.0. The molecular weight excluding hydrogens is 374 g/mol. The first-order valence-corrected chi connectivity index (χ1v) is 11.0. The molecule has 162 valence electrons. The maximum Gasteiger partial charge on any atom is 0.138 e. The van der Waals surface area contributed by atoms with Crippen LogP contribution in [0.25, 0.3) is 21.9 Å². The van der Waals surface area contributed by atoms with Gasteiger partial charge in [0.15, 0.2) is 0 Å². The summed E-state index contributed by atoms with van der Waals surface area (Å²) in [6, 6.07) is 8.40. The summed E-state index contributed by atoms with van der Waals surface area (Å²) in [6.07, 6.45) is 6.04. The Morgan fingerprint density at radius 3 is 2.60 bits per heavy atom. The summed E-state index contributed by atoms with van der Waals surface area (Å²) in [5.74, 6) is 1.55. The number of nitrogens with zero attached hydrogens (tertiary/aromatic N) is 3. The van der Waals surface area contributed by atoms with Crippen LogP contribution in [0.5, 0.6) is 0 Å². The number of ether oxygens (including phenoxy) is 1. The standard InChI is InChI=1S/C25H35N3O2/c1-7-11-19(13-10-12-17(2)30-25(4,5)6)28-23-20-14-8-9-15-21(20)26-16-22(23)27-24(28)18(3)29/h8-9,14-16,18-19,29H,2,7,10-13H2,1,3-6H3/t18-,19?/m1/s1. The molecule has 30 heavy (non-hydrogen) atoms. The van der Waals surface area contributed by atoms with Crippen LogP contribution in [-0.4, -0.2) is 25.2 Å². The Morgan fingerprint density at radius 1 is 1.20 bits per heavy atom. The van der Waals surface area contributed by atoms with E-state index < -0.39 is 6.10 Å². The number of imidazole rings is 1. The summed E-state index contributed by atoms with van der Waals surface area (Å²) in [7, 11) is 0. The number of aliphatic hydroxyl groups excluding tert-OH is 1. The average molecular weight is 410 g/mol. The molecule has 1 N–H and O–H groups in total. The van der Waals surface area contributed by atoms with Crippen LogP contribution in [0.4, 0.5) is 0 Å². The van der Waals surface area contributed by atoms with Gasteiger partial charge in [-0.15, -0.1) is 0 Å². The van der Waals surface area contributed by atoms with Crippen molar-refractivity contribution >= 4 is 21.9 Å². The van der Waals surface area contributed by atoms with Gasteiger partial charge in [0.25, 0.3) is 0 Å². The van der Waals surface area contributed by atoms with Crippen molar-refractivity contribution in [2.45, 2.75) is 84.5 Å². The predicted molar refractivity (Wildman–Crippen MR) is 123 cm³/mol. The monoisotopic (exact) mass is 409 g/mol. The maximum atomic E-state index is 10.5. The fourth-order valence-corrected chi connectivity index (χ4v) is 4.16. The summed E-state index contributed by atoms with van der Waals surface area (Å²) in [6.45, 7) is 14.2. The molecular formula is C25H35N3O2. The molecule has 3 rings (SSSR count). The van der Waals surface area contributed by atoms with E-state index in [9.17, 15) is 5.11 Å². The van der Waals surface area contributed by atoms with Crippen molar-refractivity contribution in [3.8, 4) is 0 Å².